The van der Waals surface area contributed by atoms with Crippen LogP contribution < -0.4 is 11.5 Å². The molecule has 0 aliphatic carbocycles. The molecule has 0 saturated heterocycles. The molecule has 4 heterocycles. The van der Waals surface area contributed by atoms with E-state index in [4.69, 9.17) is 34.7 Å². The minimum atomic E-state index is -3.82. The van der Waals surface area contributed by atoms with Gasteiger partial charge in [-0.25, -0.2) is 27.0 Å². The molecular weight excluding hydrogens is 822 g/mol. The third kappa shape index (κ3) is 19.9. The smallest absolute Gasteiger partial charge is 0.457 e. The first-order valence-electron chi connectivity index (χ1n) is 13.3. The molecule has 0 unspecified atom stereocenters. The molecule has 0 atom stereocenters. The van der Waals surface area contributed by atoms with E-state index in [0.717, 1.165) is 0 Å². The Balaban J connectivity index is -0.000000671. The van der Waals surface area contributed by atoms with Crippen LogP contribution in [0.25, 0.3) is 9.44 Å². The second-order valence-electron chi connectivity index (χ2n) is 8.75. The number of pyridine rings is 2. The van der Waals surface area contributed by atoms with Crippen LogP contribution in [0.5, 0.6) is 0 Å². The van der Waals surface area contributed by atoms with Crippen molar-refractivity contribution >= 4 is 66.3 Å². The minimum Gasteiger partial charge on any atom is -0.457 e. The SMILES string of the molecule is Nc1ccc(S(=O)(=O)[N-]c2ccc(Cl)nn2)cc1.Nc1ccc(S(=O)(=O)[N-]c2ccc(Cl)nn2)cc1.[Co+2].[OH3+].[OH3+].[OH3+].[OH3+].c1ccncc1.c1ccncc1. The molecule has 0 aliphatic rings. The maximum Gasteiger partial charge on any atom is 2.00 e. The van der Waals surface area contributed by atoms with Gasteiger partial charge in [-0.2, -0.15) is 0 Å². The van der Waals surface area contributed by atoms with Crippen molar-refractivity contribution < 1.29 is 55.5 Å². The molecule has 23 heteroatoms. The van der Waals surface area contributed by atoms with E-state index in [-0.39, 0.29) is 70.4 Å². The van der Waals surface area contributed by atoms with Crippen molar-refractivity contribution in [1.82, 2.24) is 30.4 Å². The number of benzene rings is 2. The molecule has 53 heavy (non-hydrogen) atoms. The van der Waals surface area contributed by atoms with Crippen LogP contribution in [0.1, 0.15) is 0 Å². The summed E-state index contributed by atoms with van der Waals surface area (Å²) in [5.74, 6) is -0.0625. The molecule has 16 N–H and O–H groups in total. The van der Waals surface area contributed by atoms with Crippen LogP contribution in [-0.4, -0.2) is 47.2 Å². The fraction of sp³-hybridized carbons (Fsp3) is 0. The number of sulfonamides is 2. The van der Waals surface area contributed by atoms with E-state index in [0.29, 0.717) is 11.4 Å². The molecular formula is C30H38Cl2CoN10O8S2+4. The van der Waals surface area contributed by atoms with E-state index in [2.05, 4.69) is 39.8 Å². The van der Waals surface area contributed by atoms with Gasteiger partial charge in [0.2, 0.25) is 20.0 Å². The number of nitrogens with zero attached hydrogens (tertiary/aromatic N) is 8. The van der Waals surface area contributed by atoms with Crippen LogP contribution >= 0.6 is 23.2 Å². The average Bonchev–Trinajstić information content (AvgIpc) is 3.09. The predicted molar refractivity (Wildman–Crippen MR) is 204 cm³/mol. The molecule has 287 valence electrons. The van der Waals surface area contributed by atoms with Gasteiger partial charge in [0.05, 0.1) is 9.79 Å². The second-order valence-corrected chi connectivity index (χ2v) is 12.7. The Morgan fingerprint density at radius 1 is 0.453 bits per heavy atom. The van der Waals surface area contributed by atoms with Crippen molar-refractivity contribution in [2.24, 2.45) is 0 Å². The largest absolute Gasteiger partial charge is 2.00 e. The quantitative estimate of drug-likeness (QED) is 0.180. The Hall–Kier alpha value is -5.07. The van der Waals surface area contributed by atoms with Crippen LogP contribution in [-0.2, 0) is 58.7 Å². The standard InChI is InChI=1S/2C10H8ClN4O2S.2C5H5N.Co.4H2O/c2*11-9-5-6-10(14-13-9)15-18(16,17)8-3-1-7(12)2-4-8;2*1-2-4-6-5-3-1;;;;;/h2*1-6H,12H2;2*1-5H;;4*1H2/q2*-1;;;+2;;;;/p+4. The van der Waals surface area contributed by atoms with E-state index < -0.39 is 20.0 Å². The zero-order valence-electron chi connectivity index (χ0n) is 27.3. The number of halogens is 2. The number of rotatable bonds is 6. The Kier molecular flexibility index (Phi) is 26.3. The maximum absolute atomic E-state index is 11.9. The number of hydrogen-bond acceptors (Lipinski definition) is 12. The summed E-state index contributed by atoms with van der Waals surface area (Å²) in [4.78, 5) is 7.64. The van der Waals surface area contributed by atoms with Crippen molar-refractivity contribution in [1.29, 1.82) is 0 Å². The number of nitrogen functional groups attached to an aromatic ring is 2. The summed E-state index contributed by atoms with van der Waals surface area (Å²) >= 11 is 11.1. The van der Waals surface area contributed by atoms with E-state index in [1.807, 2.05) is 36.4 Å². The Bertz CT molecular complexity index is 1830. The summed E-state index contributed by atoms with van der Waals surface area (Å²) < 4.78 is 54.6. The van der Waals surface area contributed by atoms with Crippen LogP contribution in [0, 0.1) is 0 Å². The van der Waals surface area contributed by atoms with Crippen LogP contribution in [0.4, 0.5) is 23.0 Å². The zero-order chi connectivity index (χ0) is 34.8. The van der Waals surface area contributed by atoms with Gasteiger partial charge in [0.15, 0.2) is 0 Å². The van der Waals surface area contributed by atoms with E-state index in [1.54, 1.807) is 24.8 Å². The molecule has 6 rings (SSSR count). The van der Waals surface area contributed by atoms with Gasteiger partial charge in [-0.1, -0.05) is 47.5 Å². The van der Waals surface area contributed by atoms with Gasteiger partial charge in [-0.05, 0) is 96.6 Å². The minimum absolute atomic E-state index is 0. The normalized spacial score (nSPS) is 9.40. The molecule has 0 bridgehead atoms. The topological polar surface area (TPSA) is 358 Å². The average molecular weight is 861 g/mol. The van der Waals surface area contributed by atoms with Gasteiger partial charge in [-0.3, -0.25) is 9.97 Å². The number of aromatic nitrogens is 6. The third-order valence-corrected chi connectivity index (χ3v) is 8.15. The fourth-order valence-electron chi connectivity index (χ4n) is 2.97. The first-order valence-corrected chi connectivity index (χ1v) is 16.9. The van der Waals surface area contributed by atoms with Crippen molar-refractivity contribution in [3.05, 3.63) is 154 Å². The van der Waals surface area contributed by atoms with Gasteiger partial charge in [0.25, 0.3) is 0 Å². The second kappa shape index (κ2) is 26.7. The van der Waals surface area contributed by atoms with Gasteiger partial charge in [-0.15, -0.1) is 0 Å². The van der Waals surface area contributed by atoms with Crippen molar-refractivity contribution in [2.75, 3.05) is 11.5 Å². The molecule has 4 aromatic heterocycles. The summed E-state index contributed by atoms with van der Waals surface area (Å²) in [6, 6.07) is 28.4. The molecule has 0 saturated carbocycles. The summed E-state index contributed by atoms with van der Waals surface area (Å²) in [5, 5.41) is 14.5. The van der Waals surface area contributed by atoms with E-state index in [1.165, 1.54) is 72.8 Å². The van der Waals surface area contributed by atoms with Crippen LogP contribution in [0.2, 0.25) is 10.3 Å². The Labute approximate surface area is 325 Å². The maximum atomic E-state index is 11.9. The molecule has 0 spiro atoms. The molecule has 1 radical (unpaired) electrons. The first kappa shape index (κ1) is 52.3. The summed E-state index contributed by atoms with van der Waals surface area (Å²) in [6.45, 7) is 0. The van der Waals surface area contributed by atoms with Crippen LogP contribution in [0.15, 0.2) is 144 Å². The summed E-state index contributed by atoms with van der Waals surface area (Å²) in [7, 11) is -7.64. The van der Waals surface area contributed by atoms with Crippen LogP contribution in [0.3, 0.4) is 0 Å². The summed E-state index contributed by atoms with van der Waals surface area (Å²) in [5.41, 5.74) is 11.9. The molecule has 0 fully saturated rings. The molecule has 2 aromatic carbocycles. The summed E-state index contributed by atoms with van der Waals surface area (Å²) in [6.07, 6.45) is 7.00. The molecule has 6 aromatic rings. The number of anilines is 2. The zero-order valence-corrected chi connectivity index (χ0v) is 31.5. The molecule has 0 aliphatic heterocycles. The van der Waals surface area contributed by atoms with Crippen molar-refractivity contribution in [3.63, 3.8) is 0 Å². The Morgan fingerprint density at radius 2 is 0.755 bits per heavy atom. The monoisotopic (exact) mass is 859 g/mol. The van der Waals surface area contributed by atoms with Gasteiger partial charge in [0, 0.05) is 36.2 Å². The van der Waals surface area contributed by atoms with Crippen molar-refractivity contribution in [3.8, 4) is 0 Å². The van der Waals surface area contributed by atoms with Gasteiger partial charge < -0.3 is 53.0 Å². The fourth-order valence-corrected chi connectivity index (χ4v) is 5.03. The number of hydrogen-bond donors (Lipinski definition) is 2. The van der Waals surface area contributed by atoms with E-state index in [9.17, 15) is 16.8 Å². The van der Waals surface area contributed by atoms with E-state index >= 15 is 0 Å². The Morgan fingerprint density at radius 3 is 0.962 bits per heavy atom. The van der Waals surface area contributed by atoms with Crippen molar-refractivity contribution in [2.45, 2.75) is 9.79 Å². The molecule has 0 amide bonds. The molecule has 18 nitrogen and oxygen atoms in total. The van der Waals surface area contributed by atoms with Gasteiger partial charge >= 0.3 is 16.8 Å². The first-order chi connectivity index (χ1) is 22.9. The number of nitrogens with two attached hydrogens (primary N) is 2. The van der Waals surface area contributed by atoms with Gasteiger partial charge in [0.1, 0.15) is 10.3 Å². The third-order valence-electron chi connectivity index (χ3n) is 5.15. The predicted octanol–water partition coefficient (Wildman–Crippen LogP) is 2.69.